The molecular formula is C32H24N6. The molecule has 5 aliphatic heterocycles. The Morgan fingerprint density at radius 3 is 2.16 bits per heavy atom. The normalized spacial score (nSPS) is 19.3. The number of rotatable bonds is 1. The zero-order chi connectivity index (χ0) is 25.6. The topological polar surface area (TPSA) is 58.3 Å². The van der Waals surface area contributed by atoms with Crippen LogP contribution in [-0.2, 0) is 7.05 Å². The van der Waals surface area contributed by atoms with Gasteiger partial charge in [-0.2, -0.15) is 0 Å². The summed E-state index contributed by atoms with van der Waals surface area (Å²) in [5.41, 5.74) is 11.1. The predicted octanol–water partition coefficient (Wildman–Crippen LogP) is 4.77. The summed E-state index contributed by atoms with van der Waals surface area (Å²) in [6.45, 7) is 0. The summed E-state index contributed by atoms with van der Waals surface area (Å²) in [4.78, 5) is 21.9. The summed E-state index contributed by atoms with van der Waals surface area (Å²) in [7, 11) is 4.02. The van der Waals surface area contributed by atoms with Crippen LogP contribution in [0.25, 0.3) is 11.6 Å². The molecule has 0 saturated carbocycles. The molecule has 7 rings (SSSR count). The molecule has 2 aromatic rings. The van der Waals surface area contributed by atoms with Crippen molar-refractivity contribution in [3.05, 3.63) is 149 Å². The van der Waals surface area contributed by atoms with Crippen LogP contribution < -0.4 is 9.55 Å². The van der Waals surface area contributed by atoms with Crippen molar-refractivity contribution in [3.63, 3.8) is 0 Å². The van der Waals surface area contributed by atoms with Gasteiger partial charge in [0, 0.05) is 37.2 Å². The molecule has 8 bridgehead atoms. The van der Waals surface area contributed by atoms with Crippen molar-refractivity contribution in [1.29, 1.82) is 0 Å². The highest BCUT2D eigenvalue weighted by Gasteiger charge is 2.21. The van der Waals surface area contributed by atoms with Crippen molar-refractivity contribution >= 4 is 28.8 Å². The van der Waals surface area contributed by atoms with E-state index in [1.165, 1.54) is 0 Å². The Hall–Kier alpha value is -5.10. The first-order valence-electron chi connectivity index (χ1n) is 12.5. The average Bonchev–Trinajstić information content (AvgIpc) is 3.72. The van der Waals surface area contributed by atoms with Gasteiger partial charge in [0.2, 0.25) is 0 Å². The zero-order valence-corrected chi connectivity index (χ0v) is 21.1. The van der Waals surface area contributed by atoms with Crippen molar-refractivity contribution in [2.24, 2.45) is 22.0 Å². The molecule has 6 heteroatoms. The maximum atomic E-state index is 4.97. The standard InChI is InChI=1S/C32H24N6/c1-37-15-11-21(12-16-37)31-27-7-3-23(33-27)19-25-5-9-29(35-25)32(22-13-17-38(2)18-14-22)30-10-6-26(36-30)20-24-4-8-28(31)34-24/h3-20H,1-2H3. The summed E-state index contributed by atoms with van der Waals surface area (Å²) >= 11 is 0. The molecule has 0 aliphatic carbocycles. The predicted molar refractivity (Wildman–Crippen MR) is 152 cm³/mol. The second-order valence-electron chi connectivity index (χ2n) is 9.56. The molecule has 0 N–H and O–H groups in total. The van der Waals surface area contributed by atoms with Crippen molar-refractivity contribution in [3.8, 4) is 0 Å². The number of hydrogen-bond acceptors (Lipinski definition) is 4. The number of aromatic nitrogens is 2. The second-order valence-corrected chi connectivity index (χ2v) is 9.56. The molecule has 182 valence electrons. The quantitative estimate of drug-likeness (QED) is 0.539. The number of allylic oxidation sites excluding steroid dienone is 11. The monoisotopic (exact) mass is 492 g/mol. The Balaban J connectivity index is 1.43. The molecule has 6 nitrogen and oxygen atoms in total. The van der Waals surface area contributed by atoms with Gasteiger partial charge in [-0.1, -0.05) is 18.2 Å². The summed E-state index contributed by atoms with van der Waals surface area (Å²) in [6, 6.07) is 8.29. The van der Waals surface area contributed by atoms with E-state index in [1.807, 2.05) is 84.8 Å². The second kappa shape index (κ2) is 8.78. The minimum atomic E-state index is 0.857. The fraction of sp³-hybridized carbons (Fsp3) is 0.0625. The highest BCUT2D eigenvalue weighted by Crippen LogP contribution is 2.31. The lowest BCUT2D eigenvalue weighted by Crippen LogP contribution is -2.25. The minimum absolute atomic E-state index is 0.857. The summed E-state index contributed by atoms with van der Waals surface area (Å²) in [6.07, 6.45) is 28.7. The van der Waals surface area contributed by atoms with Crippen molar-refractivity contribution in [1.82, 2.24) is 9.88 Å². The highest BCUT2D eigenvalue weighted by atomic mass is 15.0. The molecule has 0 saturated heterocycles. The van der Waals surface area contributed by atoms with Crippen LogP contribution in [0.15, 0.2) is 147 Å². The van der Waals surface area contributed by atoms with E-state index in [9.17, 15) is 0 Å². The molecule has 0 aromatic carbocycles. The molecule has 2 aromatic heterocycles. The summed E-state index contributed by atoms with van der Waals surface area (Å²) in [5, 5.41) is 0. The Kier molecular flexibility index (Phi) is 5.11. The SMILES string of the molecule is CN1C=CC(=C2C3=NC(=CC4=NC(=C(c5cc[n+](C)cc5)c5ccc([n-]5)C=C5C=CC2=N5)C=C4)C=C3)C=C1. The molecule has 0 atom stereocenters. The van der Waals surface area contributed by atoms with Gasteiger partial charge >= 0.3 is 0 Å². The van der Waals surface area contributed by atoms with Gasteiger partial charge in [-0.05, 0) is 71.4 Å². The van der Waals surface area contributed by atoms with Crippen molar-refractivity contribution in [2.45, 2.75) is 0 Å². The Morgan fingerprint density at radius 2 is 1.42 bits per heavy atom. The molecule has 0 amide bonds. The number of aryl methyl sites for hydroxylation is 1. The maximum absolute atomic E-state index is 4.97. The molecule has 0 unspecified atom stereocenters. The number of pyridine rings is 1. The van der Waals surface area contributed by atoms with Gasteiger partial charge in [-0.25, -0.2) is 19.5 Å². The Bertz CT molecular complexity index is 1740. The van der Waals surface area contributed by atoms with Crippen LogP contribution in [0.4, 0.5) is 0 Å². The third-order valence-electron chi connectivity index (χ3n) is 6.80. The first-order chi connectivity index (χ1) is 18.6. The molecule has 7 heterocycles. The molecule has 0 fully saturated rings. The number of aliphatic imine (C=N–C) groups is 3. The van der Waals surface area contributed by atoms with Crippen molar-refractivity contribution in [2.75, 3.05) is 7.05 Å². The molecule has 38 heavy (non-hydrogen) atoms. The van der Waals surface area contributed by atoms with Crippen molar-refractivity contribution < 1.29 is 4.57 Å². The van der Waals surface area contributed by atoms with Crippen LogP contribution >= 0.6 is 0 Å². The third-order valence-corrected chi connectivity index (χ3v) is 6.80. The lowest BCUT2D eigenvalue weighted by atomic mass is 9.97. The van der Waals surface area contributed by atoms with E-state index < -0.39 is 0 Å². The fourth-order valence-electron chi connectivity index (χ4n) is 4.88. The first-order valence-corrected chi connectivity index (χ1v) is 12.5. The first kappa shape index (κ1) is 22.1. The molecule has 0 spiro atoms. The number of fused-ring (bicyclic) bond motifs is 5. The average molecular weight is 493 g/mol. The lowest BCUT2D eigenvalue weighted by molar-refractivity contribution is -0.671. The minimum Gasteiger partial charge on any atom is -0.657 e. The van der Waals surface area contributed by atoms with Gasteiger partial charge < -0.3 is 9.88 Å². The Morgan fingerprint density at radius 1 is 0.711 bits per heavy atom. The van der Waals surface area contributed by atoms with E-state index in [0.717, 1.165) is 67.9 Å². The summed E-state index contributed by atoms with van der Waals surface area (Å²) < 4.78 is 2.02. The molecule has 5 aliphatic rings. The largest absolute Gasteiger partial charge is 0.657 e. The van der Waals surface area contributed by atoms with E-state index in [4.69, 9.17) is 20.0 Å². The number of hydrogen-bond donors (Lipinski definition) is 0. The van der Waals surface area contributed by atoms with E-state index >= 15 is 0 Å². The highest BCUT2D eigenvalue weighted by molar-refractivity contribution is 6.34. The van der Waals surface area contributed by atoms with Gasteiger partial charge in [0.25, 0.3) is 0 Å². The summed E-state index contributed by atoms with van der Waals surface area (Å²) in [5.74, 6) is 0. The van der Waals surface area contributed by atoms with E-state index in [0.29, 0.717) is 0 Å². The van der Waals surface area contributed by atoms with Gasteiger partial charge in [0.15, 0.2) is 12.4 Å². The number of nitrogens with zero attached hydrogens (tertiary/aromatic N) is 6. The van der Waals surface area contributed by atoms with Crippen LogP contribution in [0.2, 0.25) is 0 Å². The molecular weight excluding hydrogens is 468 g/mol. The molecule has 0 radical (unpaired) electrons. The van der Waals surface area contributed by atoms with Gasteiger partial charge in [0.05, 0.1) is 34.2 Å². The fourth-order valence-corrected chi connectivity index (χ4v) is 4.88. The van der Waals surface area contributed by atoms with Crippen LogP contribution in [0.1, 0.15) is 17.0 Å². The van der Waals surface area contributed by atoms with Crippen LogP contribution in [-0.4, -0.2) is 29.1 Å². The van der Waals surface area contributed by atoms with E-state index in [-0.39, 0.29) is 0 Å². The van der Waals surface area contributed by atoms with E-state index in [1.54, 1.807) is 0 Å². The lowest BCUT2D eigenvalue weighted by Gasteiger charge is -2.16. The third kappa shape index (κ3) is 4.02. The van der Waals surface area contributed by atoms with Gasteiger partial charge in [0.1, 0.15) is 7.05 Å². The van der Waals surface area contributed by atoms with Gasteiger partial charge in [-0.15, -0.1) is 11.4 Å². The van der Waals surface area contributed by atoms with Gasteiger partial charge in [-0.3, -0.25) is 0 Å². The van der Waals surface area contributed by atoms with Crippen LogP contribution in [0, 0.1) is 0 Å². The smallest absolute Gasteiger partial charge is 0.169 e. The van der Waals surface area contributed by atoms with E-state index in [2.05, 4.69) is 48.6 Å². The van der Waals surface area contributed by atoms with Crippen LogP contribution in [0.5, 0.6) is 0 Å². The zero-order valence-electron chi connectivity index (χ0n) is 21.1. The Labute approximate surface area is 221 Å². The maximum Gasteiger partial charge on any atom is 0.169 e. The van der Waals surface area contributed by atoms with Crippen LogP contribution in [0.3, 0.4) is 0 Å².